The summed E-state index contributed by atoms with van der Waals surface area (Å²) in [5.74, 6) is 0. The third-order valence-corrected chi connectivity index (χ3v) is 4.88. The van der Waals surface area contributed by atoms with Gasteiger partial charge in [-0.05, 0) is 39.7 Å². The van der Waals surface area contributed by atoms with E-state index in [2.05, 4.69) is 30.6 Å². The molecule has 0 bridgehead atoms. The second-order valence-corrected chi connectivity index (χ2v) is 6.16. The fourth-order valence-corrected chi connectivity index (χ4v) is 3.68. The van der Waals surface area contributed by atoms with Gasteiger partial charge in [0.15, 0.2) is 0 Å². The summed E-state index contributed by atoms with van der Waals surface area (Å²) in [6.45, 7) is 12.3. The minimum absolute atomic E-state index is 0.174. The molecular formula is C15H31N3O. The molecule has 2 fully saturated rings. The van der Waals surface area contributed by atoms with Crippen LogP contribution in [0.25, 0.3) is 0 Å². The molecule has 0 spiro atoms. The van der Waals surface area contributed by atoms with Gasteiger partial charge in [0.2, 0.25) is 0 Å². The van der Waals surface area contributed by atoms with Crippen LogP contribution in [-0.2, 0) is 4.74 Å². The molecule has 2 N–H and O–H groups in total. The lowest BCUT2D eigenvalue weighted by atomic mass is 9.94. The predicted octanol–water partition coefficient (Wildman–Crippen LogP) is 1.30. The molecule has 2 atom stereocenters. The average molecular weight is 269 g/mol. The minimum Gasteiger partial charge on any atom is -0.380 e. The SMILES string of the molecule is CCOCCN(CC)C1(CN)CC(C)N(C2CC2)C1. The van der Waals surface area contributed by atoms with Crippen molar-refractivity contribution in [2.24, 2.45) is 5.73 Å². The Morgan fingerprint density at radius 3 is 2.63 bits per heavy atom. The highest BCUT2D eigenvalue weighted by molar-refractivity contribution is 5.06. The third kappa shape index (κ3) is 3.30. The molecule has 4 heteroatoms. The molecule has 0 radical (unpaired) electrons. The number of rotatable bonds is 8. The van der Waals surface area contributed by atoms with Crippen LogP contribution in [-0.4, -0.2) is 66.8 Å². The van der Waals surface area contributed by atoms with E-state index in [0.717, 1.165) is 45.4 Å². The molecule has 0 amide bonds. The largest absolute Gasteiger partial charge is 0.380 e. The van der Waals surface area contributed by atoms with Crippen molar-refractivity contribution in [3.05, 3.63) is 0 Å². The van der Waals surface area contributed by atoms with Crippen LogP contribution in [0.1, 0.15) is 40.0 Å². The molecule has 19 heavy (non-hydrogen) atoms. The van der Waals surface area contributed by atoms with Gasteiger partial charge in [-0.25, -0.2) is 0 Å². The van der Waals surface area contributed by atoms with Crippen LogP contribution < -0.4 is 5.73 Å². The monoisotopic (exact) mass is 269 g/mol. The van der Waals surface area contributed by atoms with Gasteiger partial charge in [0.25, 0.3) is 0 Å². The molecule has 1 aliphatic carbocycles. The van der Waals surface area contributed by atoms with Gasteiger partial charge in [-0.2, -0.15) is 0 Å². The van der Waals surface area contributed by atoms with Crippen molar-refractivity contribution < 1.29 is 4.74 Å². The fourth-order valence-electron chi connectivity index (χ4n) is 3.68. The van der Waals surface area contributed by atoms with E-state index in [4.69, 9.17) is 10.5 Å². The van der Waals surface area contributed by atoms with Crippen LogP contribution in [0.4, 0.5) is 0 Å². The molecule has 2 aliphatic rings. The van der Waals surface area contributed by atoms with E-state index in [-0.39, 0.29) is 5.54 Å². The highest BCUT2D eigenvalue weighted by Crippen LogP contribution is 2.39. The first-order valence-electron chi connectivity index (χ1n) is 7.95. The molecule has 1 aliphatic heterocycles. The number of hydrogen-bond donors (Lipinski definition) is 1. The second kappa shape index (κ2) is 6.53. The van der Waals surface area contributed by atoms with Crippen molar-refractivity contribution in [2.45, 2.75) is 57.7 Å². The van der Waals surface area contributed by atoms with Gasteiger partial charge in [-0.1, -0.05) is 6.92 Å². The van der Waals surface area contributed by atoms with E-state index in [1.807, 2.05) is 0 Å². The summed E-state index contributed by atoms with van der Waals surface area (Å²) in [6, 6.07) is 1.52. The maximum Gasteiger partial charge on any atom is 0.0593 e. The first-order valence-corrected chi connectivity index (χ1v) is 7.95. The van der Waals surface area contributed by atoms with Crippen molar-refractivity contribution in [3.63, 3.8) is 0 Å². The maximum atomic E-state index is 6.19. The highest BCUT2D eigenvalue weighted by Gasteiger charge is 2.48. The molecule has 2 unspecified atom stereocenters. The van der Waals surface area contributed by atoms with E-state index >= 15 is 0 Å². The van der Waals surface area contributed by atoms with Crippen molar-refractivity contribution in [1.82, 2.24) is 9.80 Å². The summed E-state index contributed by atoms with van der Waals surface area (Å²) in [5.41, 5.74) is 6.36. The number of likely N-dealkylation sites (tertiary alicyclic amines) is 1. The van der Waals surface area contributed by atoms with Crippen LogP contribution in [0.2, 0.25) is 0 Å². The topological polar surface area (TPSA) is 41.7 Å². The van der Waals surface area contributed by atoms with Crippen LogP contribution in [0.3, 0.4) is 0 Å². The standard InChI is InChI=1S/C15H31N3O/c1-4-17(8-9-19-5-2)15(11-16)10-13(3)18(12-15)14-6-7-14/h13-14H,4-12,16H2,1-3H3. The second-order valence-electron chi connectivity index (χ2n) is 6.16. The van der Waals surface area contributed by atoms with Crippen LogP contribution in [0.5, 0.6) is 0 Å². The zero-order valence-corrected chi connectivity index (χ0v) is 12.9. The Morgan fingerprint density at radius 2 is 2.11 bits per heavy atom. The summed E-state index contributed by atoms with van der Waals surface area (Å²) >= 11 is 0. The lowest BCUT2D eigenvalue weighted by Gasteiger charge is -2.40. The Morgan fingerprint density at radius 1 is 1.37 bits per heavy atom. The summed E-state index contributed by atoms with van der Waals surface area (Å²) in [6.07, 6.45) is 3.98. The molecule has 0 aromatic rings. The van der Waals surface area contributed by atoms with E-state index in [1.54, 1.807) is 0 Å². The molecule has 1 heterocycles. The van der Waals surface area contributed by atoms with Crippen molar-refractivity contribution in [1.29, 1.82) is 0 Å². The predicted molar refractivity (Wildman–Crippen MR) is 79.3 cm³/mol. The zero-order valence-electron chi connectivity index (χ0n) is 12.9. The van der Waals surface area contributed by atoms with Crippen LogP contribution in [0, 0.1) is 0 Å². The summed E-state index contributed by atoms with van der Waals surface area (Å²) in [5, 5.41) is 0. The number of ether oxygens (including phenoxy) is 1. The smallest absolute Gasteiger partial charge is 0.0593 e. The van der Waals surface area contributed by atoms with Gasteiger partial charge in [0.1, 0.15) is 0 Å². The number of hydrogen-bond acceptors (Lipinski definition) is 4. The summed E-state index contributed by atoms with van der Waals surface area (Å²) in [7, 11) is 0. The molecule has 0 aromatic carbocycles. The number of likely N-dealkylation sites (N-methyl/N-ethyl adjacent to an activating group) is 1. The molecule has 1 saturated heterocycles. The van der Waals surface area contributed by atoms with Crippen molar-refractivity contribution in [3.8, 4) is 0 Å². The van der Waals surface area contributed by atoms with Gasteiger partial charge in [-0.15, -0.1) is 0 Å². The van der Waals surface area contributed by atoms with E-state index in [1.165, 1.54) is 19.3 Å². The van der Waals surface area contributed by atoms with Gasteiger partial charge in [0, 0.05) is 43.9 Å². The molecule has 2 rings (SSSR count). The Hall–Kier alpha value is -0.160. The molecular weight excluding hydrogens is 238 g/mol. The third-order valence-electron chi connectivity index (χ3n) is 4.88. The van der Waals surface area contributed by atoms with Crippen molar-refractivity contribution in [2.75, 3.05) is 39.4 Å². The number of nitrogens with two attached hydrogens (primary N) is 1. The van der Waals surface area contributed by atoms with E-state index in [9.17, 15) is 0 Å². The Bertz CT molecular complexity index is 283. The first kappa shape index (κ1) is 15.2. The van der Waals surface area contributed by atoms with Crippen LogP contribution in [0.15, 0.2) is 0 Å². The van der Waals surface area contributed by atoms with E-state index in [0.29, 0.717) is 6.04 Å². The Balaban J connectivity index is 1.99. The summed E-state index contributed by atoms with van der Waals surface area (Å²) < 4.78 is 5.53. The molecule has 1 saturated carbocycles. The minimum atomic E-state index is 0.174. The molecule has 0 aromatic heterocycles. The van der Waals surface area contributed by atoms with Gasteiger partial charge in [-0.3, -0.25) is 9.80 Å². The maximum absolute atomic E-state index is 6.19. The Kier molecular flexibility index (Phi) is 5.23. The highest BCUT2D eigenvalue weighted by atomic mass is 16.5. The van der Waals surface area contributed by atoms with Crippen LogP contribution >= 0.6 is 0 Å². The first-order chi connectivity index (χ1) is 9.16. The quantitative estimate of drug-likeness (QED) is 0.675. The zero-order chi connectivity index (χ0) is 13.9. The lowest BCUT2D eigenvalue weighted by molar-refractivity contribution is 0.0551. The Labute approximate surface area is 118 Å². The summed E-state index contributed by atoms with van der Waals surface area (Å²) in [4.78, 5) is 5.25. The normalized spacial score (nSPS) is 32.4. The number of nitrogens with zero attached hydrogens (tertiary/aromatic N) is 2. The van der Waals surface area contributed by atoms with Crippen molar-refractivity contribution >= 4 is 0 Å². The average Bonchev–Trinajstić information content (AvgIpc) is 3.19. The van der Waals surface area contributed by atoms with Gasteiger partial charge < -0.3 is 10.5 Å². The molecule has 112 valence electrons. The van der Waals surface area contributed by atoms with E-state index < -0.39 is 0 Å². The fraction of sp³-hybridized carbons (Fsp3) is 1.00. The van der Waals surface area contributed by atoms with Gasteiger partial charge >= 0.3 is 0 Å². The lowest BCUT2D eigenvalue weighted by Crippen LogP contribution is -2.56. The van der Waals surface area contributed by atoms with Gasteiger partial charge in [0.05, 0.1) is 6.61 Å². The molecule has 4 nitrogen and oxygen atoms in total.